The van der Waals surface area contributed by atoms with Gasteiger partial charge >= 0.3 is 0 Å². The molecule has 6 fully saturated rings. The van der Waals surface area contributed by atoms with E-state index >= 15 is 0 Å². The van der Waals surface area contributed by atoms with Crippen LogP contribution in [0.25, 0.3) is 0 Å². The Bertz CT molecular complexity index is 5870. The number of rotatable bonds is 28. The van der Waals surface area contributed by atoms with Gasteiger partial charge in [0.15, 0.2) is 17.5 Å². The number of carbonyl (C=O) groups is 12. The van der Waals surface area contributed by atoms with Gasteiger partial charge in [0.1, 0.15) is 47.4 Å². The third-order valence-electron chi connectivity index (χ3n) is 25.7. The summed E-state index contributed by atoms with van der Waals surface area (Å²) in [5, 5.41) is 16.1. The number of hydrogen-bond donors (Lipinski definition) is 4. The number of aromatic nitrogens is 10. The van der Waals surface area contributed by atoms with Gasteiger partial charge in [0.2, 0.25) is 47.3 Å². The molecule has 0 bridgehead atoms. The maximum absolute atomic E-state index is 13.5. The highest BCUT2D eigenvalue weighted by atomic mass is 35.5. The Morgan fingerprint density at radius 3 is 1.10 bits per heavy atom. The number of pyridine rings is 4. The predicted octanol–water partition coefficient (Wildman–Crippen LogP) is 9.68. The van der Waals surface area contributed by atoms with Crippen molar-refractivity contribution in [2.45, 2.75) is 154 Å². The van der Waals surface area contributed by atoms with Crippen molar-refractivity contribution in [1.29, 1.82) is 0 Å². The highest BCUT2D eigenvalue weighted by molar-refractivity contribution is 7.14. The molecule has 16 rings (SSSR count). The average Bonchev–Trinajstić information content (AvgIpc) is 1.52. The number of aryl methyl sites for hydroxylation is 4. The smallest absolute Gasteiger partial charge is 0.252 e. The molecule has 36 heteroatoms. The molecular weight excluding hydrogens is 1720 g/mol. The van der Waals surface area contributed by atoms with E-state index in [9.17, 15) is 57.5 Å². The van der Waals surface area contributed by atoms with E-state index in [0.29, 0.717) is 83.3 Å². The molecule has 0 radical (unpaired) electrons. The Hall–Kier alpha value is -13.7. The molecule has 12 amide bonds. The number of thiophene rings is 1. The van der Waals surface area contributed by atoms with Gasteiger partial charge in [0, 0.05) is 142 Å². The van der Waals surface area contributed by atoms with Crippen molar-refractivity contribution >= 4 is 140 Å². The van der Waals surface area contributed by atoms with Crippen LogP contribution < -0.4 is 42.5 Å². The van der Waals surface area contributed by atoms with Crippen LogP contribution in [0.15, 0.2) is 182 Å². The molecule has 2 saturated carbocycles. The third-order valence-corrected chi connectivity index (χ3v) is 26.9. The van der Waals surface area contributed by atoms with Gasteiger partial charge < -0.3 is 27.8 Å². The zero-order chi connectivity index (χ0) is 94.6. The fraction of sp³-hybridized carbons (Fsp3) is 0.406. The largest absolute Gasteiger partial charge is 0.384 e. The minimum absolute atomic E-state index is 0.0928. The molecule has 4 aliphatic heterocycles. The Morgan fingerprint density at radius 2 is 0.765 bits per heavy atom. The van der Waals surface area contributed by atoms with E-state index in [0.717, 1.165) is 78.8 Å². The summed E-state index contributed by atoms with van der Waals surface area (Å²) in [4.78, 5) is 185. The van der Waals surface area contributed by atoms with Crippen LogP contribution in [-0.4, -0.2) is 192 Å². The predicted molar refractivity (Wildman–Crippen MR) is 500 cm³/mol. The second-order valence-corrected chi connectivity index (χ2v) is 36.5. The van der Waals surface area contributed by atoms with Crippen LogP contribution in [0.5, 0.6) is 0 Å². The number of anilines is 8. The lowest BCUT2D eigenvalue weighted by molar-refractivity contribution is -0.171. The second-order valence-electron chi connectivity index (χ2n) is 35.1. The standard InChI is InChI=1S/C25H34N6O3.C25H28N6O3.C24H23ClN4O3S.C22H28N6O3/c2*1-16(18-7-5-4-6-8-18)13-22(32)31-23(25(34)30(3)21-10-12-29(2)28-21)19(24(31)33)14-17-9-11-27-20(26)15-17;1-28(21-6-3-11-33-21)24(32)22-18(13-16-9-10-27-19(26)14-16)23(31)29(22)20(30)8-7-15-4-2-5-17(25)12-15;1-13(15-4-5-15)10-19(29)28-20(22(31)27(3)18-7-9-26(2)25-18)16(21(28)30)11-14-6-8-24-17(23)12-14/h9-12,15-16,18-19,23H,4-8,13-14H2,1-3H3,(H2,26,27);4-12,15-16,19,23H,13-14H2,1-3H3,(H2,26,27);2-6,9-12,14,18,22H,7-8,13H2,1H3,(H2,26,27);6-9,12-13,15-16,20H,4-5,10-11H2,1-3H3,(H2,23,24)/t2*16-,19+,23-;18-,22+;13-,16+,20-/m0010/s1. The number of nitrogens with two attached hydrogens (primary N) is 4. The van der Waals surface area contributed by atoms with Crippen molar-refractivity contribution < 1.29 is 57.5 Å². The van der Waals surface area contributed by atoms with E-state index in [1.54, 1.807) is 186 Å². The molecular formula is C96H113ClN22O12S. The minimum atomic E-state index is -0.913. The van der Waals surface area contributed by atoms with E-state index < -0.39 is 47.8 Å². The van der Waals surface area contributed by atoms with E-state index in [1.807, 2.05) is 73.8 Å². The summed E-state index contributed by atoms with van der Waals surface area (Å²) in [5.41, 5.74) is 28.2. The summed E-state index contributed by atoms with van der Waals surface area (Å²) >= 11 is 7.45. The van der Waals surface area contributed by atoms with Gasteiger partial charge in [-0.1, -0.05) is 107 Å². The molecule has 2 aromatic carbocycles. The second kappa shape index (κ2) is 42.5. The zero-order valence-corrected chi connectivity index (χ0v) is 77.3. The van der Waals surface area contributed by atoms with Crippen molar-refractivity contribution in [1.82, 2.24) is 68.9 Å². The zero-order valence-electron chi connectivity index (χ0n) is 75.7. The summed E-state index contributed by atoms with van der Waals surface area (Å²) in [6, 6.07) is 36.0. The molecule has 692 valence electrons. The topological polar surface area (TPSA) is 440 Å². The summed E-state index contributed by atoms with van der Waals surface area (Å²) in [6.45, 7) is 6.06. The van der Waals surface area contributed by atoms with E-state index in [1.165, 1.54) is 55.1 Å². The SMILES string of the molecule is CN(C(=O)[C@@H]1[C@@H](Cc2ccnc(N)c2)C(=O)N1C(=O)CCc1cccc(Cl)c1)c1cccs1.C[C@@H](CC(=O)N1C(=O)[C@H](Cc2ccnc(N)c2)[C@H]1C(=O)N(C)c1ccn(C)n1)C1CC1.C[C@@H](CC(=O)N1C(=O)[C@H](Cc2ccnc(N)c2)[C@H]1C(=O)N(C)c1ccn(C)n1)C1CCCCC1.C[C@@H](CC(=O)N1C(=O)[C@H](Cc2ccnc(N)c2)[C@H]1C(=O)N(C)c1ccn(C)n1)c1ccccc1. The Morgan fingerprint density at radius 1 is 0.409 bits per heavy atom. The van der Waals surface area contributed by atoms with Crippen molar-refractivity contribution in [2.24, 2.45) is 68.5 Å². The van der Waals surface area contributed by atoms with Crippen LogP contribution in [0.2, 0.25) is 5.02 Å². The quantitative estimate of drug-likeness (QED) is 0.0331. The molecule has 0 unspecified atom stereocenters. The van der Waals surface area contributed by atoms with Crippen LogP contribution in [0, 0.1) is 47.3 Å². The molecule has 11 atom stereocenters. The number of hydrogen-bond acceptors (Lipinski definition) is 24. The number of amides is 12. The number of nitrogen functional groups attached to an aromatic ring is 4. The van der Waals surface area contributed by atoms with Gasteiger partial charge in [-0.2, -0.15) is 15.3 Å². The van der Waals surface area contributed by atoms with Crippen LogP contribution >= 0.6 is 22.9 Å². The maximum Gasteiger partial charge on any atom is 0.252 e. The van der Waals surface area contributed by atoms with Crippen LogP contribution in [0.4, 0.5) is 45.7 Å². The highest BCUT2D eigenvalue weighted by Gasteiger charge is 2.59. The van der Waals surface area contributed by atoms with Crippen LogP contribution in [0.1, 0.15) is 131 Å². The number of nitrogens with zero attached hydrogens (tertiary/aromatic N) is 18. The van der Waals surface area contributed by atoms with Crippen molar-refractivity contribution in [3.63, 3.8) is 0 Å². The number of imide groups is 4. The average molecular weight is 1830 g/mol. The molecule has 4 saturated heterocycles. The first kappa shape index (κ1) is 95.9. The van der Waals surface area contributed by atoms with Crippen molar-refractivity contribution in [3.8, 4) is 0 Å². The van der Waals surface area contributed by atoms with Crippen LogP contribution in [-0.2, 0) is 111 Å². The summed E-state index contributed by atoms with van der Waals surface area (Å²) in [5.74, 6) is -2.32. The van der Waals surface area contributed by atoms with Crippen molar-refractivity contribution in [3.05, 3.63) is 221 Å². The first-order valence-electron chi connectivity index (χ1n) is 44.3. The van der Waals surface area contributed by atoms with E-state index in [-0.39, 0.29) is 121 Å². The number of benzene rings is 2. The summed E-state index contributed by atoms with van der Waals surface area (Å²) < 4.78 is 4.80. The molecule has 12 heterocycles. The van der Waals surface area contributed by atoms with Gasteiger partial charge in [-0.3, -0.25) is 106 Å². The fourth-order valence-electron chi connectivity index (χ4n) is 18.0. The fourth-order valence-corrected chi connectivity index (χ4v) is 18.9. The Kier molecular flexibility index (Phi) is 30.8. The third kappa shape index (κ3) is 22.5. The number of halogens is 1. The lowest BCUT2D eigenvalue weighted by Crippen LogP contribution is -2.69. The monoisotopic (exact) mass is 1830 g/mol. The number of carbonyl (C=O) groups excluding carboxylic acids is 12. The molecule has 2 aliphatic carbocycles. The maximum atomic E-state index is 13.5. The lowest BCUT2D eigenvalue weighted by Gasteiger charge is -2.46. The number of β-lactam (4-membered cyclic amide) rings is 4. The molecule has 0 spiro atoms. The molecule has 8 N–H and O–H groups in total. The summed E-state index contributed by atoms with van der Waals surface area (Å²) in [6.07, 6.45) is 22.1. The molecule has 6 aliphatic rings. The highest BCUT2D eigenvalue weighted by Crippen LogP contribution is 2.43. The molecule has 8 aromatic heterocycles. The van der Waals surface area contributed by atoms with Gasteiger partial charge in [0.25, 0.3) is 23.6 Å². The first-order chi connectivity index (χ1) is 63.1. The Labute approximate surface area is 775 Å². The van der Waals surface area contributed by atoms with E-state index in [4.69, 9.17) is 34.5 Å². The van der Waals surface area contributed by atoms with Gasteiger partial charge in [-0.25, -0.2) is 19.9 Å². The number of likely N-dealkylation sites (N-methyl/N-ethyl adjacent to an activating group) is 4. The lowest BCUT2D eigenvalue weighted by atomic mass is 9.77. The minimum Gasteiger partial charge on any atom is -0.384 e. The van der Waals surface area contributed by atoms with Gasteiger partial charge in [-0.05, 0) is 186 Å². The molecule has 34 nitrogen and oxygen atoms in total. The molecule has 132 heavy (non-hydrogen) atoms. The van der Waals surface area contributed by atoms with E-state index in [2.05, 4.69) is 42.2 Å². The number of likely N-dealkylation sites (tertiary alicyclic amines) is 4. The van der Waals surface area contributed by atoms with Gasteiger partial charge in [-0.15, -0.1) is 11.3 Å². The normalized spacial score (nSPS) is 19.8. The van der Waals surface area contributed by atoms with Gasteiger partial charge in [0.05, 0.1) is 28.7 Å². The van der Waals surface area contributed by atoms with Crippen molar-refractivity contribution in [2.75, 3.05) is 70.7 Å². The Balaban J connectivity index is 0.000000150. The summed E-state index contributed by atoms with van der Waals surface area (Å²) in [7, 11) is 11.8. The molecule has 10 aromatic rings. The van der Waals surface area contributed by atoms with Crippen LogP contribution in [0.3, 0.4) is 0 Å². The first-order valence-corrected chi connectivity index (χ1v) is 45.6.